The topological polar surface area (TPSA) is 52.6 Å². The highest BCUT2D eigenvalue weighted by Crippen LogP contribution is 2.36. The van der Waals surface area contributed by atoms with E-state index in [1.54, 1.807) is 13.3 Å². The molecular formula is C21H21ClN2O3. The zero-order valence-corrected chi connectivity index (χ0v) is 15.8. The van der Waals surface area contributed by atoms with Crippen molar-refractivity contribution in [1.82, 2.24) is 4.98 Å². The lowest BCUT2D eigenvalue weighted by Crippen LogP contribution is -2.10. The van der Waals surface area contributed by atoms with Crippen LogP contribution in [0.25, 0.3) is 0 Å². The Hall–Kier alpha value is -2.92. The average molecular weight is 385 g/mol. The second-order valence-corrected chi connectivity index (χ2v) is 6.09. The number of benzene rings is 2. The van der Waals surface area contributed by atoms with Crippen LogP contribution in [0, 0.1) is 0 Å². The fourth-order valence-corrected chi connectivity index (χ4v) is 2.78. The first-order valence-corrected chi connectivity index (χ1v) is 8.96. The maximum Gasteiger partial charge on any atom is 0.179 e. The first kappa shape index (κ1) is 18.9. The third-order valence-corrected chi connectivity index (χ3v) is 4.05. The Balaban J connectivity index is 1.58. The summed E-state index contributed by atoms with van der Waals surface area (Å²) in [5.41, 5.74) is 0.968. The van der Waals surface area contributed by atoms with Crippen LogP contribution < -0.4 is 19.5 Å². The molecule has 3 aromatic rings. The molecule has 0 saturated heterocycles. The molecule has 2 aromatic carbocycles. The van der Waals surface area contributed by atoms with Gasteiger partial charge in [0, 0.05) is 12.7 Å². The molecule has 0 aliphatic carbocycles. The number of nitrogens with one attached hydrogen (secondary N) is 1. The highest BCUT2D eigenvalue weighted by Gasteiger charge is 2.12. The van der Waals surface area contributed by atoms with Gasteiger partial charge in [-0.1, -0.05) is 35.9 Å². The molecule has 3 rings (SSSR count). The average Bonchev–Trinajstić information content (AvgIpc) is 2.72. The van der Waals surface area contributed by atoms with Crippen LogP contribution in [0.3, 0.4) is 0 Å². The number of anilines is 1. The molecule has 0 radical (unpaired) electrons. The van der Waals surface area contributed by atoms with Crippen LogP contribution in [-0.4, -0.2) is 25.3 Å². The summed E-state index contributed by atoms with van der Waals surface area (Å²) in [5.74, 6) is 2.69. The number of nitrogens with zero attached hydrogens (tertiary/aromatic N) is 1. The smallest absolute Gasteiger partial charge is 0.179 e. The molecule has 0 unspecified atom stereocenters. The maximum atomic E-state index is 6.40. The summed E-state index contributed by atoms with van der Waals surface area (Å²) < 4.78 is 16.9. The van der Waals surface area contributed by atoms with Crippen LogP contribution >= 0.6 is 11.6 Å². The second kappa shape index (κ2) is 9.69. The van der Waals surface area contributed by atoms with Gasteiger partial charge in [-0.05, 0) is 42.0 Å². The van der Waals surface area contributed by atoms with Crippen LogP contribution in [0.4, 0.5) is 5.82 Å². The van der Waals surface area contributed by atoms with E-state index in [9.17, 15) is 0 Å². The number of hydrogen-bond donors (Lipinski definition) is 1. The minimum Gasteiger partial charge on any atom is -0.493 e. The summed E-state index contributed by atoms with van der Waals surface area (Å²) in [4.78, 5) is 4.24. The van der Waals surface area contributed by atoms with Crippen molar-refractivity contribution in [3.05, 3.63) is 77.4 Å². The molecule has 1 N–H and O–H groups in total. The molecule has 0 saturated carbocycles. The van der Waals surface area contributed by atoms with Crippen molar-refractivity contribution in [2.45, 2.75) is 6.54 Å². The van der Waals surface area contributed by atoms with E-state index in [-0.39, 0.29) is 0 Å². The van der Waals surface area contributed by atoms with Crippen molar-refractivity contribution in [2.24, 2.45) is 0 Å². The number of para-hydroxylation sites is 1. The molecule has 0 atom stereocenters. The lowest BCUT2D eigenvalue weighted by Gasteiger charge is -2.15. The molecule has 140 valence electrons. The summed E-state index contributed by atoms with van der Waals surface area (Å²) in [6.45, 7) is 1.34. The van der Waals surface area contributed by atoms with Gasteiger partial charge in [-0.15, -0.1) is 0 Å². The van der Waals surface area contributed by atoms with Crippen molar-refractivity contribution >= 4 is 17.4 Å². The molecule has 27 heavy (non-hydrogen) atoms. The zero-order valence-electron chi connectivity index (χ0n) is 15.0. The third kappa shape index (κ3) is 5.53. The first-order chi connectivity index (χ1) is 13.3. The molecular weight excluding hydrogens is 364 g/mol. The molecule has 0 amide bonds. The van der Waals surface area contributed by atoms with Gasteiger partial charge in [-0.3, -0.25) is 0 Å². The minimum atomic E-state index is 0.358. The summed E-state index contributed by atoms with van der Waals surface area (Å²) in [7, 11) is 1.59. The molecule has 0 aliphatic rings. The Morgan fingerprint density at radius 3 is 2.48 bits per heavy atom. The zero-order chi connectivity index (χ0) is 18.9. The molecule has 1 aromatic heterocycles. The van der Waals surface area contributed by atoms with Crippen LogP contribution in [0.2, 0.25) is 5.02 Å². The number of hydrogen-bond acceptors (Lipinski definition) is 5. The highest BCUT2D eigenvalue weighted by molar-refractivity contribution is 6.32. The van der Waals surface area contributed by atoms with Gasteiger partial charge in [0.2, 0.25) is 0 Å². The summed E-state index contributed by atoms with van der Waals surface area (Å²) >= 11 is 6.40. The summed E-state index contributed by atoms with van der Waals surface area (Å²) in [6.07, 6.45) is 1.74. The Labute approximate surface area is 163 Å². The van der Waals surface area contributed by atoms with Gasteiger partial charge in [-0.2, -0.15) is 0 Å². The van der Waals surface area contributed by atoms with Crippen LogP contribution in [-0.2, 0) is 6.54 Å². The largest absolute Gasteiger partial charge is 0.493 e. The normalized spacial score (nSPS) is 10.3. The van der Waals surface area contributed by atoms with Gasteiger partial charge in [0.25, 0.3) is 0 Å². The monoisotopic (exact) mass is 384 g/mol. The fraction of sp³-hybridized carbons (Fsp3) is 0.190. The van der Waals surface area contributed by atoms with Gasteiger partial charge in [0.1, 0.15) is 24.8 Å². The number of ether oxygens (including phenoxy) is 3. The summed E-state index contributed by atoms with van der Waals surface area (Å²) in [5, 5.41) is 3.74. The van der Waals surface area contributed by atoms with E-state index in [4.69, 9.17) is 25.8 Å². The number of methoxy groups -OCH3 is 1. The standard InChI is InChI=1S/C21H21ClN2O3/c1-25-19-14-16(15-24-20-9-5-6-10-23-20)13-18(22)21(19)27-12-11-26-17-7-3-2-4-8-17/h2-10,13-14H,11-12,15H2,1H3,(H,23,24). The Morgan fingerprint density at radius 2 is 1.74 bits per heavy atom. The third-order valence-electron chi connectivity index (χ3n) is 3.77. The summed E-state index contributed by atoms with van der Waals surface area (Å²) in [6, 6.07) is 19.1. The quantitative estimate of drug-likeness (QED) is 0.536. The molecule has 5 nitrogen and oxygen atoms in total. The van der Waals surface area contributed by atoms with Crippen LogP contribution in [0.15, 0.2) is 66.9 Å². The minimum absolute atomic E-state index is 0.358. The molecule has 6 heteroatoms. The van der Waals surface area contributed by atoms with Gasteiger partial charge in [0.15, 0.2) is 11.5 Å². The number of rotatable bonds is 9. The Kier molecular flexibility index (Phi) is 6.77. The fourth-order valence-electron chi connectivity index (χ4n) is 2.50. The lowest BCUT2D eigenvalue weighted by atomic mass is 10.2. The van der Waals surface area contributed by atoms with E-state index in [0.717, 1.165) is 17.1 Å². The van der Waals surface area contributed by atoms with Gasteiger partial charge in [0.05, 0.1) is 12.1 Å². The number of halogens is 1. The molecule has 0 bridgehead atoms. The number of pyridine rings is 1. The van der Waals surface area contributed by atoms with Gasteiger partial charge in [-0.25, -0.2) is 4.98 Å². The van der Waals surface area contributed by atoms with Crippen molar-refractivity contribution < 1.29 is 14.2 Å². The molecule has 0 fully saturated rings. The first-order valence-electron chi connectivity index (χ1n) is 8.58. The van der Waals surface area contributed by atoms with E-state index in [2.05, 4.69) is 10.3 Å². The second-order valence-electron chi connectivity index (χ2n) is 5.69. The highest BCUT2D eigenvalue weighted by atomic mass is 35.5. The van der Waals surface area contributed by atoms with Crippen molar-refractivity contribution in [3.63, 3.8) is 0 Å². The van der Waals surface area contributed by atoms with E-state index in [0.29, 0.717) is 36.3 Å². The van der Waals surface area contributed by atoms with Crippen molar-refractivity contribution in [3.8, 4) is 17.2 Å². The number of aromatic nitrogens is 1. The predicted molar refractivity (Wildman–Crippen MR) is 107 cm³/mol. The molecule has 1 heterocycles. The van der Waals surface area contributed by atoms with E-state index < -0.39 is 0 Å². The lowest BCUT2D eigenvalue weighted by molar-refractivity contribution is 0.211. The van der Waals surface area contributed by atoms with Crippen LogP contribution in [0.1, 0.15) is 5.56 Å². The van der Waals surface area contributed by atoms with E-state index in [1.807, 2.05) is 60.7 Å². The molecule has 0 aliphatic heterocycles. The molecule has 0 spiro atoms. The van der Waals surface area contributed by atoms with Gasteiger partial charge < -0.3 is 19.5 Å². The van der Waals surface area contributed by atoms with Crippen LogP contribution in [0.5, 0.6) is 17.2 Å². The van der Waals surface area contributed by atoms with Crippen molar-refractivity contribution in [2.75, 3.05) is 25.6 Å². The Bertz CT molecular complexity index is 845. The maximum absolute atomic E-state index is 6.40. The predicted octanol–water partition coefficient (Wildman–Crippen LogP) is 4.81. The van der Waals surface area contributed by atoms with Gasteiger partial charge >= 0.3 is 0 Å². The van der Waals surface area contributed by atoms with Crippen molar-refractivity contribution in [1.29, 1.82) is 0 Å². The van der Waals surface area contributed by atoms with E-state index >= 15 is 0 Å². The Morgan fingerprint density at radius 1 is 0.963 bits per heavy atom. The SMILES string of the molecule is COc1cc(CNc2ccccn2)cc(Cl)c1OCCOc1ccccc1. The van der Waals surface area contributed by atoms with E-state index in [1.165, 1.54) is 0 Å².